The summed E-state index contributed by atoms with van der Waals surface area (Å²) in [5, 5.41) is 6.36. The van der Waals surface area contributed by atoms with Crippen molar-refractivity contribution in [2.75, 3.05) is 26.4 Å². The van der Waals surface area contributed by atoms with E-state index >= 15 is 0 Å². The minimum Gasteiger partial charge on any atom is -0.460 e. The van der Waals surface area contributed by atoms with Gasteiger partial charge in [-0.15, -0.1) is 0 Å². The van der Waals surface area contributed by atoms with Gasteiger partial charge < -0.3 is 24.8 Å². The first-order valence-electron chi connectivity index (χ1n) is 19.6. The SMILES string of the molecule is CCCCCCCCCCCCCCCCCCCC(=O)NC1CC2(C1)CC(NC(=O)CCOCCOCCC(=O)OC(C)(C)C)C2. The molecule has 2 fully saturated rings. The standard InChI is InChI=1S/C39H72N2O6/c1-5-6-7-8-9-10-11-12-13-14-15-16-17-18-19-20-21-22-35(42)40-33-29-39(30-33)31-34(32-39)41-36(43)23-25-45-27-28-46-26-24-37(44)47-38(2,3)4/h33-34H,5-32H2,1-4H3,(H,40,42)(H,41,43). The predicted molar refractivity (Wildman–Crippen MR) is 190 cm³/mol. The molecule has 2 aliphatic rings. The second-order valence-corrected chi connectivity index (χ2v) is 15.6. The quantitative estimate of drug-likeness (QED) is 0.0613. The van der Waals surface area contributed by atoms with Crippen molar-refractivity contribution in [2.45, 2.75) is 199 Å². The molecule has 1 spiro atoms. The Labute approximate surface area is 288 Å². The molecule has 0 aromatic rings. The van der Waals surface area contributed by atoms with E-state index in [0.29, 0.717) is 50.7 Å². The number of hydrogen-bond acceptors (Lipinski definition) is 6. The lowest BCUT2D eigenvalue weighted by molar-refractivity contribution is -0.156. The molecule has 2 saturated carbocycles. The summed E-state index contributed by atoms with van der Waals surface area (Å²) in [5.41, 5.74) is -0.166. The van der Waals surface area contributed by atoms with Crippen molar-refractivity contribution in [3.63, 3.8) is 0 Å². The summed E-state index contributed by atoms with van der Waals surface area (Å²) in [4.78, 5) is 36.3. The lowest BCUT2D eigenvalue weighted by Gasteiger charge is -2.57. The number of ether oxygens (including phenoxy) is 3. The van der Waals surface area contributed by atoms with Crippen LogP contribution >= 0.6 is 0 Å². The number of esters is 1. The van der Waals surface area contributed by atoms with E-state index in [1.54, 1.807) is 0 Å². The number of nitrogens with one attached hydrogen (secondary N) is 2. The molecular formula is C39H72N2O6. The summed E-state index contributed by atoms with van der Waals surface area (Å²) in [6.45, 7) is 9.22. The smallest absolute Gasteiger partial charge is 0.308 e. The van der Waals surface area contributed by atoms with Gasteiger partial charge in [0.1, 0.15) is 5.60 Å². The van der Waals surface area contributed by atoms with Crippen LogP contribution in [0.1, 0.15) is 182 Å². The van der Waals surface area contributed by atoms with E-state index < -0.39 is 5.60 Å². The lowest BCUT2D eigenvalue weighted by atomic mass is 9.52. The molecular weight excluding hydrogens is 592 g/mol. The van der Waals surface area contributed by atoms with E-state index in [2.05, 4.69) is 17.6 Å². The normalized spacial score (nSPS) is 20.4. The molecule has 0 radical (unpaired) electrons. The number of carbonyl (C=O) groups is 3. The van der Waals surface area contributed by atoms with E-state index in [-0.39, 0.29) is 30.2 Å². The molecule has 8 nitrogen and oxygen atoms in total. The second-order valence-electron chi connectivity index (χ2n) is 15.6. The van der Waals surface area contributed by atoms with E-state index in [1.165, 1.54) is 96.3 Å². The van der Waals surface area contributed by atoms with Crippen LogP contribution in [0.5, 0.6) is 0 Å². The molecule has 0 aromatic heterocycles. The third-order valence-corrected chi connectivity index (χ3v) is 9.67. The molecule has 8 heteroatoms. The fraction of sp³-hybridized carbons (Fsp3) is 0.923. The number of amides is 2. The maximum Gasteiger partial charge on any atom is 0.308 e. The van der Waals surface area contributed by atoms with Crippen molar-refractivity contribution < 1.29 is 28.6 Å². The number of unbranched alkanes of at least 4 members (excludes halogenated alkanes) is 16. The molecule has 2 amide bonds. The van der Waals surface area contributed by atoms with Crippen LogP contribution in [-0.2, 0) is 28.6 Å². The van der Waals surface area contributed by atoms with Gasteiger partial charge in [0.2, 0.25) is 11.8 Å². The van der Waals surface area contributed by atoms with Crippen LogP contribution in [-0.4, -0.2) is 61.9 Å². The summed E-state index contributed by atoms with van der Waals surface area (Å²) in [5.74, 6) is -0.0386. The van der Waals surface area contributed by atoms with Crippen molar-refractivity contribution in [1.82, 2.24) is 10.6 Å². The van der Waals surface area contributed by atoms with Crippen molar-refractivity contribution in [1.29, 1.82) is 0 Å². The molecule has 2 N–H and O–H groups in total. The molecule has 0 atom stereocenters. The van der Waals surface area contributed by atoms with Crippen LogP contribution in [0, 0.1) is 5.41 Å². The third kappa shape index (κ3) is 21.1. The Morgan fingerprint density at radius 2 is 0.936 bits per heavy atom. The second kappa shape index (κ2) is 24.5. The van der Waals surface area contributed by atoms with Crippen molar-refractivity contribution in [3.05, 3.63) is 0 Å². The highest BCUT2D eigenvalue weighted by atomic mass is 16.6. The Bertz CT molecular complexity index is 843. The highest BCUT2D eigenvalue weighted by molar-refractivity contribution is 5.77. The molecule has 47 heavy (non-hydrogen) atoms. The van der Waals surface area contributed by atoms with Crippen LogP contribution in [0.4, 0.5) is 0 Å². The highest BCUT2D eigenvalue weighted by Crippen LogP contribution is 2.55. The Hall–Kier alpha value is -1.67. The minimum absolute atomic E-state index is 0.0222. The monoisotopic (exact) mass is 665 g/mol. The largest absolute Gasteiger partial charge is 0.460 e. The van der Waals surface area contributed by atoms with Gasteiger partial charge in [0.05, 0.1) is 32.8 Å². The Morgan fingerprint density at radius 3 is 1.36 bits per heavy atom. The average molecular weight is 665 g/mol. The molecule has 0 heterocycles. The summed E-state index contributed by atoms with van der Waals surface area (Å²) < 4.78 is 16.1. The summed E-state index contributed by atoms with van der Waals surface area (Å²) in [6, 6.07) is 0.551. The fourth-order valence-corrected chi connectivity index (χ4v) is 7.15. The molecule has 2 rings (SSSR count). The first-order valence-corrected chi connectivity index (χ1v) is 19.6. The van der Waals surface area contributed by atoms with Crippen LogP contribution in [0.2, 0.25) is 0 Å². The zero-order valence-corrected chi connectivity index (χ0v) is 30.9. The van der Waals surface area contributed by atoms with Gasteiger partial charge in [-0.2, -0.15) is 0 Å². The van der Waals surface area contributed by atoms with Crippen molar-refractivity contribution in [3.8, 4) is 0 Å². The Balaban J connectivity index is 1.31. The Morgan fingerprint density at radius 1 is 0.553 bits per heavy atom. The fourth-order valence-electron chi connectivity index (χ4n) is 7.15. The first kappa shape index (κ1) is 41.5. The average Bonchev–Trinajstić information content (AvgIpc) is 2.97. The van der Waals surface area contributed by atoms with Crippen LogP contribution in [0.25, 0.3) is 0 Å². The first-order chi connectivity index (χ1) is 22.6. The van der Waals surface area contributed by atoms with E-state index in [1.807, 2.05) is 20.8 Å². The number of carbonyl (C=O) groups excluding carboxylic acids is 3. The van der Waals surface area contributed by atoms with E-state index in [9.17, 15) is 14.4 Å². The van der Waals surface area contributed by atoms with Crippen LogP contribution in [0.15, 0.2) is 0 Å². The van der Waals surface area contributed by atoms with Gasteiger partial charge in [0.15, 0.2) is 0 Å². The molecule has 0 unspecified atom stereocenters. The van der Waals surface area contributed by atoms with Crippen molar-refractivity contribution >= 4 is 17.8 Å². The van der Waals surface area contributed by atoms with Gasteiger partial charge in [-0.05, 0) is 58.3 Å². The minimum atomic E-state index is -0.483. The summed E-state index contributed by atoms with van der Waals surface area (Å²) >= 11 is 0. The maximum absolute atomic E-state index is 12.4. The van der Waals surface area contributed by atoms with Gasteiger partial charge >= 0.3 is 5.97 Å². The number of hydrogen-bond donors (Lipinski definition) is 2. The third-order valence-electron chi connectivity index (χ3n) is 9.67. The van der Waals surface area contributed by atoms with Gasteiger partial charge in [0, 0.05) is 24.9 Å². The van der Waals surface area contributed by atoms with E-state index in [0.717, 1.165) is 38.5 Å². The lowest BCUT2D eigenvalue weighted by Crippen LogP contribution is -2.61. The molecule has 0 bridgehead atoms. The summed E-state index contributed by atoms with van der Waals surface area (Å²) in [6.07, 6.45) is 28.3. The van der Waals surface area contributed by atoms with Crippen LogP contribution < -0.4 is 10.6 Å². The van der Waals surface area contributed by atoms with Gasteiger partial charge in [-0.1, -0.05) is 110 Å². The van der Waals surface area contributed by atoms with E-state index in [4.69, 9.17) is 14.2 Å². The predicted octanol–water partition coefficient (Wildman–Crippen LogP) is 8.73. The summed E-state index contributed by atoms with van der Waals surface area (Å²) in [7, 11) is 0. The molecule has 0 aliphatic heterocycles. The van der Waals surface area contributed by atoms with Crippen molar-refractivity contribution in [2.24, 2.45) is 5.41 Å². The molecule has 274 valence electrons. The van der Waals surface area contributed by atoms with Crippen LogP contribution in [0.3, 0.4) is 0 Å². The topological polar surface area (TPSA) is 103 Å². The molecule has 2 aliphatic carbocycles. The number of rotatable bonds is 29. The highest BCUT2D eigenvalue weighted by Gasteiger charge is 2.53. The maximum atomic E-state index is 12.4. The van der Waals surface area contributed by atoms with Gasteiger partial charge in [0.25, 0.3) is 0 Å². The zero-order valence-electron chi connectivity index (χ0n) is 30.9. The zero-order chi connectivity index (χ0) is 34.2. The Kier molecular flexibility index (Phi) is 21.6. The van der Waals surface area contributed by atoms with Gasteiger partial charge in [-0.3, -0.25) is 14.4 Å². The van der Waals surface area contributed by atoms with Gasteiger partial charge in [-0.25, -0.2) is 0 Å². The molecule has 0 saturated heterocycles. The molecule has 0 aromatic carbocycles.